The predicted molar refractivity (Wildman–Crippen MR) is 43.9 cm³/mol. The molecule has 0 unspecified atom stereocenters. The number of carbonyl (C=O) groups is 1. The van der Waals surface area contributed by atoms with Gasteiger partial charge in [-0.25, -0.2) is 0 Å². The first-order valence-corrected chi connectivity index (χ1v) is 4.56. The van der Waals surface area contributed by atoms with Crippen LogP contribution in [0.3, 0.4) is 0 Å². The Bertz CT molecular complexity index is 365. The molecule has 0 aliphatic carbocycles. The van der Waals surface area contributed by atoms with Crippen molar-refractivity contribution in [2.75, 3.05) is 0 Å². The summed E-state index contributed by atoms with van der Waals surface area (Å²) in [5.41, 5.74) is -0.236. The maximum absolute atomic E-state index is 10.6. The summed E-state index contributed by atoms with van der Waals surface area (Å²) in [5, 5.41) is 0. The van der Waals surface area contributed by atoms with Crippen LogP contribution in [0.15, 0.2) is 30.3 Å². The summed E-state index contributed by atoms with van der Waals surface area (Å²) in [6, 6.07) is 7.81. The second-order valence-electron chi connectivity index (χ2n) is 1.99. The Morgan fingerprint density at radius 3 is 2.23 bits per heavy atom. The molecule has 0 radical (unpaired) electrons. The van der Waals surface area contributed by atoms with Crippen LogP contribution in [0.1, 0.15) is 1.43 Å². The predicted octanol–water partition coefficient (Wildman–Crippen LogP) is -2.30. The third kappa shape index (κ3) is 4.42. The van der Waals surface area contributed by atoms with Gasteiger partial charge in [-0.3, -0.25) is 4.79 Å². The second-order valence-corrected chi connectivity index (χ2v) is 3.33. The van der Waals surface area contributed by atoms with E-state index in [9.17, 15) is 13.2 Å². The van der Waals surface area contributed by atoms with E-state index in [-0.39, 0.29) is 42.4 Å². The van der Waals surface area contributed by atoms with Gasteiger partial charge in [-0.1, -0.05) is 18.2 Å². The summed E-state index contributed by atoms with van der Waals surface area (Å²) < 4.78 is 25.5. The van der Waals surface area contributed by atoms with E-state index in [2.05, 4.69) is 4.18 Å². The number of benzene rings is 1. The topological polar surface area (TPSA) is 60.4 Å². The number of carbonyl (C=O) groups excluding carboxylic acids is 1. The Hall–Kier alpha value is -0.360. The zero-order valence-corrected chi connectivity index (χ0v) is 9.82. The molecule has 0 aliphatic heterocycles. The van der Waals surface area contributed by atoms with E-state index in [4.69, 9.17) is 0 Å². The van der Waals surface area contributed by atoms with Crippen LogP contribution in [0.5, 0.6) is 5.75 Å². The molecule has 0 saturated heterocycles. The first kappa shape index (κ1) is 12.6. The molecule has 1 rings (SSSR count). The molecule has 13 heavy (non-hydrogen) atoms. The van der Waals surface area contributed by atoms with Crippen LogP contribution >= 0.6 is 0 Å². The minimum Gasteiger partial charge on any atom is -1.00 e. The number of para-hydroxylation sites is 1. The van der Waals surface area contributed by atoms with Crippen molar-refractivity contribution in [2.24, 2.45) is 0 Å². The molecule has 66 valence electrons. The fourth-order valence-electron chi connectivity index (χ4n) is 0.630. The van der Waals surface area contributed by atoms with Crippen LogP contribution in [-0.2, 0) is 14.9 Å². The van der Waals surface area contributed by atoms with Crippen molar-refractivity contribution in [3.8, 4) is 5.75 Å². The van der Waals surface area contributed by atoms with E-state index in [1.165, 1.54) is 12.1 Å². The summed E-state index contributed by atoms with van der Waals surface area (Å²) in [6.45, 7) is 0. The van der Waals surface area contributed by atoms with E-state index in [0.717, 1.165) is 0 Å². The van der Waals surface area contributed by atoms with Gasteiger partial charge < -0.3 is 5.61 Å². The van der Waals surface area contributed by atoms with Gasteiger partial charge in [0.25, 0.3) is 5.62 Å². The first-order valence-electron chi connectivity index (χ1n) is 3.09. The molecule has 0 aromatic heterocycles. The molecule has 0 saturated carbocycles. The molecule has 0 heterocycles. The molecular formula is C7H7NaO4S. The fourth-order valence-corrected chi connectivity index (χ4v) is 1.05. The third-order valence-corrected chi connectivity index (χ3v) is 1.73. The molecule has 0 bridgehead atoms. The van der Waals surface area contributed by atoms with Crippen molar-refractivity contribution >= 4 is 15.7 Å². The van der Waals surface area contributed by atoms with E-state index < -0.39 is 10.1 Å². The summed E-state index contributed by atoms with van der Waals surface area (Å²) in [4.78, 5) is 9.92. The molecule has 6 heteroatoms. The van der Waals surface area contributed by atoms with Crippen LogP contribution < -0.4 is 33.7 Å². The Balaban J connectivity index is 0. The van der Waals surface area contributed by atoms with Gasteiger partial charge >= 0.3 is 39.7 Å². The largest absolute Gasteiger partial charge is 1.00 e. The average Bonchev–Trinajstić information content (AvgIpc) is 2.06. The van der Waals surface area contributed by atoms with E-state index in [0.29, 0.717) is 0 Å². The van der Waals surface area contributed by atoms with Gasteiger partial charge in [0.2, 0.25) is 0 Å². The second kappa shape index (κ2) is 5.39. The molecule has 0 amide bonds. The minimum absolute atomic E-state index is 0. The minimum atomic E-state index is -4.05. The van der Waals surface area contributed by atoms with Crippen molar-refractivity contribution in [3.63, 3.8) is 0 Å². The van der Waals surface area contributed by atoms with Crippen molar-refractivity contribution in [2.45, 2.75) is 0 Å². The van der Waals surface area contributed by atoms with Crippen molar-refractivity contribution in [1.82, 2.24) is 0 Å². The smallest absolute Gasteiger partial charge is 1.00 e. The average molecular weight is 210 g/mol. The fraction of sp³-hybridized carbons (Fsp3) is 0. The molecular weight excluding hydrogens is 203 g/mol. The summed E-state index contributed by atoms with van der Waals surface area (Å²) in [7, 11) is -4.05. The molecule has 0 aliphatic rings. The Kier molecular flexibility index (Phi) is 5.24. The van der Waals surface area contributed by atoms with Crippen molar-refractivity contribution < 1.29 is 48.4 Å². The summed E-state index contributed by atoms with van der Waals surface area (Å²) >= 11 is 0. The number of hydrogen-bond acceptors (Lipinski definition) is 4. The van der Waals surface area contributed by atoms with Gasteiger partial charge in [0.1, 0.15) is 5.75 Å². The Labute approximate surface area is 99.8 Å². The van der Waals surface area contributed by atoms with E-state index in [1.54, 1.807) is 18.2 Å². The molecule has 0 spiro atoms. The zero-order valence-electron chi connectivity index (χ0n) is 8.01. The molecule has 0 fully saturated rings. The Morgan fingerprint density at radius 1 is 1.23 bits per heavy atom. The standard InChI is InChI=1S/C7H6O4S.Na.H/c8-6-12(9,10)11-7-4-2-1-3-5-7;;/h1-6H;;/q;+1;-1. The molecule has 0 atom stereocenters. The van der Waals surface area contributed by atoms with Crippen LogP contribution in [0.2, 0.25) is 0 Å². The monoisotopic (exact) mass is 210 g/mol. The normalized spacial score (nSPS) is 9.85. The van der Waals surface area contributed by atoms with E-state index in [1.807, 2.05) is 0 Å². The van der Waals surface area contributed by atoms with Gasteiger partial charge in [0, 0.05) is 0 Å². The van der Waals surface area contributed by atoms with Crippen LogP contribution in [-0.4, -0.2) is 14.0 Å². The van der Waals surface area contributed by atoms with Gasteiger partial charge in [-0.15, -0.1) is 0 Å². The molecule has 1 aromatic carbocycles. The van der Waals surface area contributed by atoms with Gasteiger partial charge in [-0.2, -0.15) is 8.42 Å². The first-order chi connectivity index (χ1) is 5.64. The third-order valence-electron chi connectivity index (χ3n) is 1.07. The van der Waals surface area contributed by atoms with E-state index >= 15 is 0 Å². The van der Waals surface area contributed by atoms with Crippen LogP contribution in [0, 0.1) is 0 Å². The SMILES string of the molecule is O=CS(=O)(=O)Oc1ccccc1.[H-].[Na+]. The molecule has 1 aromatic rings. The van der Waals surface area contributed by atoms with Gasteiger partial charge in [0.15, 0.2) is 0 Å². The summed E-state index contributed by atoms with van der Waals surface area (Å²) in [5.74, 6) is 0.129. The maximum Gasteiger partial charge on any atom is 1.00 e. The summed E-state index contributed by atoms with van der Waals surface area (Å²) in [6.07, 6.45) is 0. The quantitative estimate of drug-likeness (QED) is 0.320. The van der Waals surface area contributed by atoms with Crippen LogP contribution in [0.4, 0.5) is 0 Å². The van der Waals surface area contributed by atoms with Gasteiger partial charge in [-0.05, 0) is 12.1 Å². The number of hydrogen-bond donors (Lipinski definition) is 0. The number of rotatable bonds is 3. The van der Waals surface area contributed by atoms with Gasteiger partial charge in [0.05, 0.1) is 0 Å². The van der Waals surface area contributed by atoms with Crippen molar-refractivity contribution in [1.29, 1.82) is 0 Å². The molecule has 0 N–H and O–H groups in total. The van der Waals surface area contributed by atoms with Crippen LogP contribution in [0.25, 0.3) is 0 Å². The zero-order chi connectivity index (χ0) is 9.03. The molecule has 4 nitrogen and oxygen atoms in total. The maximum atomic E-state index is 10.6. The Morgan fingerprint density at radius 2 is 1.77 bits per heavy atom. The van der Waals surface area contributed by atoms with Crippen molar-refractivity contribution in [3.05, 3.63) is 30.3 Å².